The van der Waals surface area contributed by atoms with Gasteiger partial charge in [0.1, 0.15) is 5.75 Å². The van der Waals surface area contributed by atoms with Crippen molar-refractivity contribution in [1.29, 1.82) is 0 Å². The Balaban J connectivity index is 1.77. The maximum atomic E-state index is 5.53. The summed E-state index contributed by atoms with van der Waals surface area (Å²) in [5, 5.41) is 2.19. The molecule has 28 heavy (non-hydrogen) atoms. The monoisotopic (exact) mass is 386 g/mol. The molecule has 0 aliphatic carbocycles. The molecule has 4 heteroatoms. The number of nitrogens with zero attached hydrogens (tertiary/aromatic N) is 2. The lowest BCUT2D eigenvalue weighted by molar-refractivity contribution is 0.340. The summed E-state index contributed by atoms with van der Waals surface area (Å²) in [6, 6.07) is 28.9. The first-order chi connectivity index (χ1) is 13.8. The summed E-state index contributed by atoms with van der Waals surface area (Å²) in [6.45, 7) is 3.44. The SMILES string of the molecule is CCOc1ccc(N=c2scc(-c3ccccc3)n2Cc2ccccc2)cc1. The van der Waals surface area contributed by atoms with Crippen LogP contribution in [-0.2, 0) is 6.54 Å². The van der Waals surface area contributed by atoms with Crippen molar-refractivity contribution in [1.82, 2.24) is 4.57 Å². The van der Waals surface area contributed by atoms with Gasteiger partial charge in [-0.15, -0.1) is 11.3 Å². The summed E-state index contributed by atoms with van der Waals surface area (Å²) in [5.74, 6) is 0.870. The van der Waals surface area contributed by atoms with Gasteiger partial charge in [-0.25, -0.2) is 4.99 Å². The summed E-state index contributed by atoms with van der Waals surface area (Å²) < 4.78 is 7.81. The minimum atomic E-state index is 0.666. The Kier molecular flexibility index (Phi) is 5.69. The summed E-state index contributed by atoms with van der Waals surface area (Å²) in [4.78, 5) is 5.89. The Morgan fingerprint density at radius 3 is 2.21 bits per heavy atom. The van der Waals surface area contributed by atoms with E-state index in [2.05, 4.69) is 58.5 Å². The second kappa shape index (κ2) is 8.72. The lowest BCUT2D eigenvalue weighted by Gasteiger charge is -2.09. The highest BCUT2D eigenvalue weighted by Crippen LogP contribution is 2.22. The van der Waals surface area contributed by atoms with Crippen LogP contribution >= 0.6 is 11.3 Å². The first kappa shape index (κ1) is 18.3. The van der Waals surface area contributed by atoms with Gasteiger partial charge < -0.3 is 9.30 Å². The molecule has 3 nitrogen and oxygen atoms in total. The van der Waals surface area contributed by atoms with Gasteiger partial charge in [-0.3, -0.25) is 0 Å². The van der Waals surface area contributed by atoms with Crippen molar-refractivity contribution in [2.45, 2.75) is 13.5 Å². The molecule has 1 aromatic heterocycles. The average molecular weight is 387 g/mol. The smallest absolute Gasteiger partial charge is 0.190 e. The van der Waals surface area contributed by atoms with Crippen LogP contribution < -0.4 is 9.54 Å². The largest absolute Gasteiger partial charge is 0.494 e. The van der Waals surface area contributed by atoms with Crippen LogP contribution in [0.2, 0.25) is 0 Å². The zero-order valence-electron chi connectivity index (χ0n) is 15.8. The Labute approximate surface area is 169 Å². The Bertz CT molecular complexity index is 1080. The number of hydrogen-bond acceptors (Lipinski definition) is 3. The molecule has 0 atom stereocenters. The van der Waals surface area contributed by atoms with Crippen molar-refractivity contribution in [3.8, 4) is 17.0 Å². The van der Waals surface area contributed by atoms with Crippen LogP contribution in [-0.4, -0.2) is 11.2 Å². The van der Waals surface area contributed by atoms with Gasteiger partial charge in [0.25, 0.3) is 0 Å². The van der Waals surface area contributed by atoms with E-state index in [0.29, 0.717) is 6.61 Å². The number of rotatable bonds is 6. The molecule has 0 N–H and O–H groups in total. The van der Waals surface area contributed by atoms with E-state index in [0.717, 1.165) is 22.8 Å². The topological polar surface area (TPSA) is 26.5 Å². The molecule has 0 bridgehead atoms. The highest BCUT2D eigenvalue weighted by molar-refractivity contribution is 7.07. The standard InChI is InChI=1S/C24H22N2OS/c1-2-27-22-15-13-21(14-16-22)25-24-26(17-19-9-5-3-6-10-19)23(18-28-24)20-11-7-4-8-12-20/h3-16,18H,2,17H2,1H3. The van der Waals surface area contributed by atoms with E-state index in [-0.39, 0.29) is 0 Å². The lowest BCUT2D eigenvalue weighted by atomic mass is 10.1. The molecule has 0 unspecified atom stereocenters. The fraction of sp³-hybridized carbons (Fsp3) is 0.125. The van der Waals surface area contributed by atoms with Crippen LogP contribution in [0.15, 0.2) is 95.3 Å². The van der Waals surface area contributed by atoms with Crippen molar-refractivity contribution in [2.24, 2.45) is 4.99 Å². The maximum Gasteiger partial charge on any atom is 0.190 e. The maximum absolute atomic E-state index is 5.53. The van der Waals surface area contributed by atoms with Crippen molar-refractivity contribution < 1.29 is 4.74 Å². The molecule has 0 spiro atoms. The van der Waals surface area contributed by atoms with Crippen molar-refractivity contribution >= 4 is 17.0 Å². The van der Waals surface area contributed by atoms with E-state index in [1.54, 1.807) is 11.3 Å². The molecule has 0 aliphatic heterocycles. The fourth-order valence-electron chi connectivity index (χ4n) is 3.07. The average Bonchev–Trinajstić information content (AvgIpc) is 3.13. The lowest BCUT2D eigenvalue weighted by Crippen LogP contribution is -2.16. The Hall–Kier alpha value is -3.11. The van der Waals surface area contributed by atoms with E-state index in [1.165, 1.54) is 16.8 Å². The molecular formula is C24H22N2OS. The van der Waals surface area contributed by atoms with Gasteiger partial charge in [0.05, 0.1) is 24.5 Å². The molecule has 3 aromatic carbocycles. The van der Waals surface area contributed by atoms with Crippen LogP contribution in [0, 0.1) is 0 Å². The minimum absolute atomic E-state index is 0.666. The van der Waals surface area contributed by atoms with E-state index in [9.17, 15) is 0 Å². The van der Waals surface area contributed by atoms with Crippen LogP contribution in [0.1, 0.15) is 12.5 Å². The molecule has 4 aromatic rings. The Morgan fingerprint density at radius 2 is 1.54 bits per heavy atom. The fourth-order valence-corrected chi connectivity index (χ4v) is 4.00. The van der Waals surface area contributed by atoms with Crippen molar-refractivity contribution in [2.75, 3.05) is 6.61 Å². The third-order valence-corrected chi connectivity index (χ3v) is 5.29. The highest BCUT2D eigenvalue weighted by Gasteiger charge is 2.09. The summed E-state index contributed by atoms with van der Waals surface area (Å²) in [7, 11) is 0. The number of ether oxygens (including phenoxy) is 1. The van der Waals surface area contributed by atoms with Crippen LogP contribution in [0.3, 0.4) is 0 Å². The molecule has 0 radical (unpaired) electrons. The van der Waals surface area contributed by atoms with E-state index < -0.39 is 0 Å². The normalized spacial score (nSPS) is 11.5. The van der Waals surface area contributed by atoms with Gasteiger partial charge in [0.2, 0.25) is 0 Å². The first-order valence-electron chi connectivity index (χ1n) is 9.39. The van der Waals surface area contributed by atoms with Gasteiger partial charge in [-0.1, -0.05) is 60.7 Å². The second-order valence-electron chi connectivity index (χ2n) is 6.38. The van der Waals surface area contributed by atoms with E-state index >= 15 is 0 Å². The third-order valence-electron chi connectivity index (χ3n) is 4.42. The van der Waals surface area contributed by atoms with Gasteiger partial charge in [-0.2, -0.15) is 0 Å². The number of benzene rings is 3. The van der Waals surface area contributed by atoms with Crippen LogP contribution in [0.5, 0.6) is 5.75 Å². The minimum Gasteiger partial charge on any atom is -0.494 e. The summed E-state index contributed by atoms with van der Waals surface area (Å²) in [5.41, 5.74) is 4.56. The van der Waals surface area contributed by atoms with Crippen LogP contribution in [0.25, 0.3) is 11.3 Å². The van der Waals surface area contributed by atoms with E-state index in [1.807, 2.05) is 43.3 Å². The second-order valence-corrected chi connectivity index (χ2v) is 7.22. The van der Waals surface area contributed by atoms with Crippen molar-refractivity contribution in [3.63, 3.8) is 0 Å². The van der Waals surface area contributed by atoms with Gasteiger partial charge in [-0.05, 0) is 42.3 Å². The Morgan fingerprint density at radius 1 is 0.857 bits per heavy atom. The molecule has 0 saturated carbocycles. The first-order valence-corrected chi connectivity index (χ1v) is 10.3. The van der Waals surface area contributed by atoms with Crippen molar-refractivity contribution in [3.05, 3.63) is 101 Å². The number of hydrogen-bond donors (Lipinski definition) is 0. The highest BCUT2D eigenvalue weighted by atomic mass is 32.1. The zero-order valence-corrected chi connectivity index (χ0v) is 16.6. The molecule has 1 heterocycles. The number of aromatic nitrogens is 1. The molecule has 0 fully saturated rings. The van der Waals surface area contributed by atoms with Crippen LogP contribution in [0.4, 0.5) is 5.69 Å². The van der Waals surface area contributed by atoms with Gasteiger partial charge in [0, 0.05) is 5.38 Å². The van der Waals surface area contributed by atoms with Gasteiger partial charge >= 0.3 is 0 Å². The molecule has 0 aliphatic rings. The molecule has 0 amide bonds. The van der Waals surface area contributed by atoms with Gasteiger partial charge in [0.15, 0.2) is 4.80 Å². The zero-order chi connectivity index (χ0) is 19.2. The van der Waals surface area contributed by atoms with E-state index in [4.69, 9.17) is 9.73 Å². The summed E-state index contributed by atoms with van der Waals surface area (Å²) in [6.07, 6.45) is 0. The molecule has 0 saturated heterocycles. The third kappa shape index (κ3) is 4.24. The summed E-state index contributed by atoms with van der Waals surface area (Å²) >= 11 is 1.66. The molecule has 4 rings (SSSR count). The predicted molar refractivity (Wildman–Crippen MR) is 116 cm³/mol. The molecular weight excluding hydrogens is 364 g/mol. The molecule has 140 valence electrons. The quantitative estimate of drug-likeness (QED) is 0.405. The number of thiazole rings is 1. The predicted octanol–water partition coefficient (Wildman–Crippen LogP) is 5.90.